The smallest absolute Gasteiger partial charge is 0.407 e. The zero-order valence-electron chi connectivity index (χ0n) is 10.8. The van der Waals surface area contributed by atoms with E-state index in [2.05, 4.69) is 5.32 Å². The van der Waals surface area contributed by atoms with Crippen LogP contribution in [-0.2, 0) is 4.74 Å². The highest BCUT2D eigenvalue weighted by Gasteiger charge is 2.25. The molecule has 4 N–H and O–H groups in total. The Hall–Kier alpha value is -0.810. The van der Waals surface area contributed by atoms with Gasteiger partial charge in [0, 0.05) is 6.54 Å². The normalized spacial score (nSPS) is 15.8. The standard InChI is InChI=1S/C11H24N2O3/c1-7(2)9(8(14)6-12)13-10(15)16-11(3,4)5/h7-9,14H,6,12H2,1-5H3,(H,13,15)/t8?,9-/m0/s1. The van der Waals surface area contributed by atoms with Crippen molar-refractivity contribution in [2.24, 2.45) is 11.7 Å². The second-order valence-electron chi connectivity index (χ2n) is 5.22. The summed E-state index contributed by atoms with van der Waals surface area (Å²) in [5.74, 6) is 0.0890. The minimum Gasteiger partial charge on any atom is -0.444 e. The first-order valence-corrected chi connectivity index (χ1v) is 5.55. The van der Waals surface area contributed by atoms with Crippen LogP contribution in [0.4, 0.5) is 4.79 Å². The van der Waals surface area contributed by atoms with Crippen molar-refractivity contribution in [3.8, 4) is 0 Å². The Bertz CT molecular complexity index is 224. The highest BCUT2D eigenvalue weighted by Crippen LogP contribution is 2.10. The van der Waals surface area contributed by atoms with Crippen LogP contribution < -0.4 is 11.1 Å². The molecule has 96 valence electrons. The lowest BCUT2D eigenvalue weighted by molar-refractivity contribution is 0.0387. The van der Waals surface area contributed by atoms with Crippen molar-refractivity contribution in [2.45, 2.75) is 52.4 Å². The maximum absolute atomic E-state index is 11.5. The number of rotatable bonds is 4. The maximum Gasteiger partial charge on any atom is 0.407 e. The summed E-state index contributed by atoms with van der Waals surface area (Å²) < 4.78 is 5.11. The Kier molecular flexibility index (Phi) is 5.75. The van der Waals surface area contributed by atoms with E-state index in [0.717, 1.165) is 0 Å². The molecule has 0 aromatic carbocycles. The van der Waals surface area contributed by atoms with Gasteiger partial charge in [-0.3, -0.25) is 0 Å². The van der Waals surface area contributed by atoms with Crippen molar-refractivity contribution in [1.29, 1.82) is 0 Å². The van der Waals surface area contributed by atoms with Crippen LogP contribution in [0.5, 0.6) is 0 Å². The van der Waals surface area contributed by atoms with Crippen molar-refractivity contribution >= 4 is 6.09 Å². The van der Waals surface area contributed by atoms with Gasteiger partial charge in [0.15, 0.2) is 0 Å². The molecule has 1 unspecified atom stereocenters. The highest BCUT2D eigenvalue weighted by molar-refractivity contribution is 5.68. The monoisotopic (exact) mass is 232 g/mol. The molecule has 5 heteroatoms. The number of nitrogens with two attached hydrogens (primary N) is 1. The Morgan fingerprint density at radius 2 is 1.94 bits per heavy atom. The van der Waals surface area contributed by atoms with Crippen molar-refractivity contribution in [2.75, 3.05) is 6.54 Å². The maximum atomic E-state index is 11.5. The molecule has 0 aliphatic heterocycles. The quantitative estimate of drug-likeness (QED) is 0.671. The van der Waals surface area contributed by atoms with E-state index < -0.39 is 17.8 Å². The molecule has 0 saturated carbocycles. The van der Waals surface area contributed by atoms with E-state index in [1.807, 2.05) is 13.8 Å². The zero-order chi connectivity index (χ0) is 12.9. The van der Waals surface area contributed by atoms with E-state index in [4.69, 9.17) is 10.5 Å². The predicted molar refractivity (Wildman–Crippen MR) is 63.1 cm³/mol. The summed E-state index contributed by atoms with van der Waals surface area (Å²) in [5, 5.41) is 12.3. The molecule has 0 fully saturated rings. The fourth-order valence-corrected chi connectivity index (χ4v) is 1.30. The van der Waals surface area contributed by atoms with Crippen LogP contribution in [0.2, 0.25) is 0 Å². The Labute approximate surface area is 97.3 Å². The fraction of sp³-hybridized carbons (Fsp3) is 0.909. The molecule has 0 aromatic rings. The topological polar surface area (TPSA) is 84.6 Å². The molecule has 0 aliphatic carbocycles. The zero-order valence-corrected chi connectivity index (χ0v) is 10.8. The summed E-state index contributed by atoms with van der Waals surface area (Å²) in [6, 6.07) is -0.389. The van der Waals surface area contributed by atoms with Crippen LogP contribution in [-0.4, -0.2) is 35.5 Å². The molecule has 1 amide bonds. The van der Waals surface area contributed by atoms with Gasteiger partial charge in [0.2, 0.25) is 0 Å². The van der Waals surface area contributed by atoms with Gasteiger partial charge < -0.3 is 20.9 Å². The summed E-state index contributed by atoms with van der Waals surface area (Å²) in [5.41, 5.74) is 4.83. The molecule has 0 spiro atoms. The van der Waals surface area contributed by atoms with Gasteiger partial charge in [0.05, 0.1) is 12.1 Å². The molecule has 5 nitrogen and oxygen atoms in total. The molecular formula is C11H24N2O3. The minimum atomic E-state index is -0.757. The van der Waals surface area contributed by atoms with E-state index in [-0.39, 0.29) is 18.5 Å². The lowest BCUT2D eigenvalue weighted by atomic mass is 9.99. The van der Waals surface area contributed by atoms with Crippen molar-refractivity contribution in [1.82, 2.24) is 5.32 Å². The van der Waals surface area contributed by atoms with E-state index in [0.29, 0.717) is 0 Å². The Morgan fingerprint density at radius 1 is 1.44 bits per heavy atom. The van der Waals surface area contributed by atoms with Gasteiger partial charge in [-0.15, -0.1) is 0 Å². The lowest BCUT2D eigenvalue weighted by Crippen LogP contribution is -2.50. The highest BCUT2D eigenvalue weighted by atomic mass is 16.6. The number of aliphatic hydroxyl groups excluding tert-OH is 1. The minimum absolute atomic E-state index is 0.0890. The summed E-state index contributed by atoms with van der Waals surface area (Å²) in [6.45, 7) is 9.28. The van der Waals surface area contributed by atoms with Crippen molar-refractivity contribution in [3.05, 3.63) is 0 Å². The number of ether oxygens (including phenoxy) is 1. The summed E-state index contributed by atoms with van der Waals surface area (Å²) in [6.07, 6.45) is -1.29. The van der Waals surface area contributed by atoms with Crippen LogP contribution >= 0.6 is 0 Å². The molecular weight excluding hydrogens is 208 g/mol. The van der Waals surface area contributed by atoms with Gasteiger partial charge in [-0.05, 0) is 26.7 Å². The third kappa shape index (κ3) is 5.92. The molecule has 0 radical (unpaired) electrons. The number of alkyl carbamates (subject to hydrolysis) is 1. The SMILES string of the molecule is CC(C)[C@H](NC(=O)OC(C)(C)C)C(O)CN. The van der Waals surface area contributed by atoms with Gasteiger partial charge in [-0.1, -0.05) is 13.8 Å². The first kappa shape index (κ1) is 15.2. The molecule has 0 aliphatic rings. The fourth-order valence-electron chi connectivity index (χ4n) is 1.30. The van der Waals surface area contributed by atoms with Crippen LogP contribution in [0.1, 0.15) is 34.6 Å². The average Bonchev–Trinajstić information content (AvgIpc) is 2.09. The number of hydrogen-bond donors (Lipinski definition) is 3. The van der Waals surface area contributed by atoms with E-state index in [9.17, 15) is 9.90 Å². The summed E-state index contributed by atoms with van der Waals surface area (Å²) in [7, 11) is 0. The molecule has 2 atom stereocenters. The van der Waals surface area contributed by atoms with Crippen LogP contribution in [0, 0.1) is 5.92 Å². The molecule has 0 heterocycles. The second-order valence-corrected chi connectivity index (χ2v) is 5.22. The number of carbonyl (C=O) groups excluding carboxylic acids is 1. The van der Waals surface area contributed by atoms with Crippen LogP contribution in [0.3, 0.4) is 0 Å². The number of amides is 1. The number of nitrogens with one attached hydrogen (secondary N) is 1. The van der Waals surface area contributed by atoms with Crippen molar-refractivity contribution < 1.29 is 14.6 Å². The van der Waals surface area contributed by atoms with Crippen molar-refractivity contribution in [3.63, 3.8) is 0 Å². The molecule has 0 rings (SSSR count). The van der Waals surface area contributed by atoms with Gasteiger partial charge in [-0.2, -0.15) is 0 Å². The third-order valence-electron chi connectivity index (χ3n) is 2.06. The van der Waals surface area contributed by atoms with E-state index in [1.54, 1.807) is 20.8 Å². The summed E-state index contributed by atoms with van der Waals surface area (Å²) in [4.78, 5) is 11.5. The molecule has 0 aromatic heterocycles. The van der Waals surface area contributed by atoms with E-state index >= 15 is 0 Å². The first-order valence-electron chi connectivity index (χ1n) is 5.55. The third-order valence-corrected chi connectivity index (χ3v) is 2.06. The van der Waals surface area contributed by atoms with Gasteiger partial charge in [0.25, 0.3) is 0 Å². The molecule has 0 saturated heterocycles. The second kappa shape index (κ2) is 6.06. The average molecular weight is 232 g/mol. The number of aliphatic hydroxyl groups is 1. The summed E-state index contributed by atoms with van der Waals surface area (Å²) >= 11 is 0. The molecule has 0 bridgehead atoms. The van der Waals surface area contributed by atoms with Gasteiger partial charge in [0.1, 0.15) is 5.60 Å². The number of hydrogen-bond acceptors (Lipinski definition) is 4. The largest absolute Gasteiger partial charge is 0.444 e. The van der Waals surface area contributed by atoms with Crippen LogP contribution in [0.25, 0.3) is 0 Å². The number of carbonyl (C=O) groups is 1. The Morgan fingerprint density at radius 3 is 2.25 bits per heavy atom. The van der Waals surface area contributed by atoms with E-state index in [1.165, 1.54) is 0 Å². The predicted octanol–water partition coefficient (Wildman–Crippen LogP) is 0.855. The first-order chi connectivity index (χ1) is 7.17. The molecule has 16 heavy (non-hydrogen) atoms. The van der Waals surface area contributed by atoms with Gasteiger partial charge >= 0.3 is 6.09 Å². The van der Waals surface area contributed by atoms with Crippen LogP contribution in [0.15, 0.2) is 0 Å². The van der Waals surface area contributed by atoms with Gasteiger partial charge in [-0.25, -0.2) is 4.79 Å². The Balaban J connectivity index is 4.36. The lowest BCUT2D eigenvalue weighted by Gasteiger charge is -2.28.